The summed E-state index contributed by atoms with van der Waals surface area (Å²) in [6, 6.07) is 12.2. The van der Waals surface area contributed by atoms with E-state index in [0.717, 1.165) is 36.1 Å². The number of carbonyl (C=O) groups is 1. The highest BCUT2D eigenvalue weighted by Gasteiger charge is 2.24. The zero-order valence-corrected chi connectivity index (χ0v) is 14.1. The molecular weight excluding hydrogens is 305 g/mol. The van der Waals surface area contributed by atoms with E-state index >= 15 is 0 Å². The Kier molecular flexibility index (Phi) is 4.95. The number of likely N-dealkylation sites (tertiary alicyclic amines) is 1. The number of amides is 1. The van der Waals surface area contributed by atoms with E-state index < -0.39 is 0 Å². The van der Waals surface area contributed by atoms with Crippen molar-refractivity contribution in [3.05, 3.63) is 59.4 Å². The predicted molar refractivity (Wildman–Crippen MR) is 92.5 cm³/mol. The second-order valence-corrected chi connectivity index (χ2v) is 6.29. The monoisotopic (exact) mass is 327 g/mol. The van der Waals surface area contributed by atoms with Crippen molar-refractivity contribution >= 4 is 5.91 Å². The number of piperidine rings is 1. The predicted octanol–water partition coefficient (Wildman–Crippen LogP) is 4.05. The molecule has 3 rings (SSSR count). The molecule has 1 atom stereocenters. The molecule has 1 saturated heterocycles. The SMILES string of the molecule is CO[C@H]1CCCN(C(=O)c2ccc(-c3cc(F)ccc3C)cc2)C1. The first-order valence-corrected chi connectivity index (χ1v) is 8.27. The molecule has 0 saturated carbocycles. The molecule has 3 nitrogen and oxygen atoms in total. The summed E-state index contributed by atoms with van der Waals surface area (Å²) in [6.07, 6.45) is 2.08. The number of methoxy groups -OCH3 is 1. The lowest BCUT2D eigenvalue weighted by atomic mass is 9.99. The fraction of sp³-hybridized carbons (Fsp3) is 0.350. The number of carbonyl (C=O) groups excluding carboxylic acids is 1. The highest BCUT2D eigenvalue weighted by Crippen LogP contribution is 2.25. The zero-order chi connectivity index (χ0) is 17.1. The first-order valence-electron chi connectivity index (χ1n) is 8.27. The normalized spacial score (nSPS) is 17.8. The second-order valence-electron chi connectivity index (χ2n) is 6.29. The molecular formula is C20H22FNO2. The van der Waals surface area contributed by atoms with Gasteiger partial charge in [-0.25, -0.2) is 4.39 Å². The van der Waals surface area contributed by atoms with Gasteiger partial charge in [-0.1, -0.05) is 18.2 Å². The van der Waals surface area contributed by atoms with E-state index in [1.807, 2.05) is 36.1 Å². The molecule has 1 fully saturated rings. The lowest BCUT2D eigenvalue weighted by Gasteiger charge is -2.32. The fourth-order valence-corrected chi connectivity index (χ4v) is 3.20. The summed E-state index contributed by atoms with van der Waals surface area (Å²) in [7, 11) is 1.69. The number of aryl methyl sites for hydroxylation is 1. The number of nitrogens with zero attached hydrogens (tertiary/aromatic N) is 1. The lowest BCUT2D eigenvalue weighted by Crippen LogP contribution is -2.42. The van der Waals surface area contributed by atoms with Gasteiger partial charge in [-0.2, -0.15) is 0 Å². The maximum Gasteiger partial charge on any atom is 0.253 e. The summed E-state index contributed by atoms with van der Waals surface area (Å²) < 4.78 is 18.9. The van der Waals surface area contributed by atoms with Gasteiger partial charge in [0.2, 0.25) is 0 Å². The summed E-state index contributed by atoms with van der Waals surface area (Å²) in [6.45, 7) is 3.36. The Hall–Kier alpha value is -2.20. The molecule has 126 valence electrons. The zero-order valence-electron chi connectivity index (χ0n) is 14.1. The molecule has 0 unspecified atom stereocenters. The van der Waals surface area contributed by atoms with Gasteiger partial charge in [0.1, 0.15) is 5.82 Å². The van der Waals surface area contributed by atoms with Crippen molar-refractivity contribution in [2.45, 2.75) is 25.9 Å². The van der Waals surface area contributed by atoms with Crippen LogP contribution in [0.25, 0.3) is 11.1 Å². The van der Waals surface area contributed by atoms with Gasteiger partial charge in [-0.3, -0.25) is 4.79 Å². The summed E-state index contributed by atoms with van der Waals surface area (Å²) in [5.41, 5.74) is 3.43. The minimum atomic E-state index is -0.255. The van der Waals surface area contributed by atoms with Crippen molar-refractivity contribution < 1.29 is 13.9 Å². The van der Waals surface area contributed by atoms with Gasteiger partial charge < -0.3 is 9.64 Å². The number of ether oxygens (including phenoxy) is 1. The van der Waals surface area contributed by atoms with Crippen LogP contribution in [0.4, 0.5) is 4.39 Å². The van der Waals surface area contributed by atoms with Crippen molar-refractivity contribution in [2.24, 2.45) is 0 Å². The van der Waals surface area contributed by atoms with E-state index in [0.29, 0.717) is 12.1 Å². The topological polar surface area (TPSA) is 29.5 Å². The van der Waals surface area contributed by atoms with Crippen LogP contribution in [-0.4, -0.2) is 37.1 Å². The Morgan fingerprint density at radius 3 is 2.67 bits per heavy atom. The first kappa shape index (κ1) is 16.7. The summed E-state index contributed by atoms with van der Waals surface area (Å²) in [5.74, 6) is -0.228. The quantitative estimate of drug-likeness (QED) is 0.851. The third-order valence-electron chi connectivity index (χ3n) is 4.64. The maximum absolute atomic E-state index is 13.5. The van der Waals surface area contributed by atoms with Gasteiger partial charge in [0.15, 0.2) is 0 Å². The molecule has 0 aliphatic carbocycles. The molecule has 24 heavy (non-hydrogen) atoms. The van der Waals surface area contributed by atoms with Crippen LogP contribution in [0.5, 0.6) is 0 Å². The third kappa shape index (κ3) is 3.49. The lowest BCUT2D eigenvalue weighted by molar-refractivity contribution is 0.0269. The summed E-state index contributed by atoms with van der Waals surface area (Å²) >= 11 is 0. The molecule has 2 aromatic carbocycles. The van der Waals surface area contributed by atoms with Crippen LogP contribution in [0.15, 0.2) is 42.5 Å². The minimum absolute atomic E-state index is 0.0271. The van der Waals surface area contributed by atoms with E-state index in [9.17, 15) is 9.18 Å². The van der Waals surface area contributed by atoms with E-state index in [2.05, 4.69) is 0 Å². The highest BCUT2D eigenvalue weighted by atomic mass is 19.1. The summed E-state index contributed by atoms with van der Waals surface area (Å²) in [4.78, 5) is 14.5. The number of rotatable bonds is 3. The smallest absolute Gasteiger partial charge is 0.253 e. The van der Waals surface area contributed by atoms with Crippen LogP contribution < -0.4 is 0 Å². The minimum Gasteiger partial charge on any atom is -0.380 e. The highest BCUT2D eigenvalue weighted by molar-refractivity contribution is 5.94. The van der Waals surface area contributed by atoms with Crippen molar-refractivity contribution in [3.63, 3.8) is 0 Å². The Labute approximate surface area is 142 Å². The first-order chi connectivity index (χ1) is 11.6. The number of halogens is 1. The van der Waals surface area contributed by atoms with Gasteiger partial charge >= 0.3 is 0 Å². The van der Waals surface area contributed by atoms with Gasteiger partial charge in [0.05, 0.1) is 6.10 Å². The van der Waals surface area contributed by atoms with Crippen LogP contribution in [0.2, 0.25) is 0 Å². The molecule has 0 aromatic heterocycles. The number of benzene rings is 2. The van der Waals surface area contributed by atoms with Crippen molar-refractivity contribution in [1.82, 2.24) is 4.90 Å². The molecule has 2 aromatic rings. The van der Waals surface area contributed by atoms with E-state index in [-0.39, 0.29) is 17.8 Å². The number of hydrogen-bond donors (Lipinski definition) is 0. The van der Waals surface area contributed by atoms with Crippen LogP contribution in [-0.2, 0) is 4.74 Å². The molecule has 4 heteroatoms. The molecule has 1 heterocycles. The second kappa shape index (κ2) is 7.14. The Balaban J connectivity index is 1.79. The fourth-order valence-electron chi connectivity index (χ4n) is 3.20. The van der Waals surface area contributed by atoms with Gasteiger partial charge in [0, 0.05) is 25.8 Å². The maximum atomic E-state index is 13.5. The summed E-state index contributed by atoms with van der Waals surface area (Å²) in [5, 5.41) is 0. The standard InChI is InChI=1S/C20H22FNO2/c1-14-5-10-17(21)12-19(14)15-6-8-16(9-7-15)20(23)22-11-3-4-18(13-22)24-2/h5-10,12,18H,3-4,11,13H2,1-2H3/t18-/m0/s1. The van der Waals surface area contributed by atoms with E-state index in [4.69, 9.17) is 4.74 Å². The molecule has 0 radical (unpaired) electrons. The van der Waals surface area contributed by atoms with Crippen LogP contribution in [0, 0.1) is 12.7 Å². The van der Waals surface area contributed by atoms with E-state index in [1.165, 1.54) is 12.1 Å². The van der Waals surface area contributed by atoms with Crippen LogP contribution in [0.3, 0.4) is 0 Å². The molecule has 1 aliphatic heterocycles. The van der Waals surface area contributed by atoms with E-state index in [1.54, 1.807) is 13.2 Å². The van der Waals surface area contributed by atoms with Gasteiger partial charge in [-0.15, -0.1) is 0 Å². The van der Waals surface area contributed by atoms with Crippen molar-refractivity contribution in [1.29, 1.82) is 0 Å². The third-order valence-corrected chi connectivity index (χ3v) is 4.64. The number of hydrogen-bond acceptors (Lipinski definition) is 2. The van der Waals surface area contributed by atoms with Gasteiger partial charge in [0.25, 0.3) is 5.91 Å². The Morgan fingerprint density at radius 2 is 1.96 bits per heavy atom. The molecule has 1 amide bonds. The Morgan fingerprint density at radius 1 is 1.21 bits per heavy atom. The average Bonchev–Trinajstić information content (AvgIpc) is 2.63. The molecule has 0 N–H and O–H groups in total. The van der Waals surface area contributed by atoms with Crippen LogP contribution in [0.1, 0.15) is 28.8 Å². The molecule has 0 bridgehead atoms. The van der Waals surface area contributed by atoms with Crippen molar-refractivity contribution in [3.8, 4) is 11.1 Å². The van der Waals surface area contributed by atoms with Crippen molar-refractivity contribution in [2.75, 3.05) is 20.2 Å². The molecule has 1 aliphatic rings. The molecule has 0 spiro atoms. The Bertz CT molecular complexity index is 727. The average molecular weight is 327 g/mol. The largest absolute Gasteiger partial charge is 0.380 e. The van der Waals surface area contributed by atoms with Crippen LogP contribution >= 0.6 is 0 Å². The van der Waals surface area contributed by atoms with Gasteiger partial charge in [-0.05, 0) is 60.7 Å².